The highest BCUT2D eigenvalue weighted by Gasteiger charge is 2.38. The Labute approximate surface area is 183 Å². The van der Waals surface area contributed by atoms with Crippen molar-refractivity contribution in [3.63, 3.8) is 0 Å². The van der Waals surface area contributed by atoms with Crippen LogP contribution in [0.3, 0.4) is 0 Å². The van der Waals surface area contributed by atoms with Gasteiger partial charge in [-0.25, -0.2) is 14.7 Å². The van der Waals surface area contributed by atoms with Crippen molar-refractivity contribution in [1.29, 1.82) is 5.26 Å². The second kappa shape index (κ2) is 7.91. The van der Waals surface area contributed by atoms with Crippen LogP contribution in [0.15, 0.2) is 47.6 Å². The number of nitrogens with two attached hydrogens (primary N) is 1. The number of aromatic nitrogens is 3. The van der Waals surface area contributed by atoms with E-state index in [1.807, 2.05) is 0 Å². The Hall–Kier alpha value is -3.88. The minimum Gasteiger partial charge on any atom is -0.383 e. The van der Waals surface area contributed by atoms with Gasteiger partial charge in [-0.05, 0) is 25.0 Å². The van der Waals surface area contributed by atoms with Crippen LogP contribution in [0.1, 0.15) is 46.7 Å². The van der Waals surface area contributed by atoms with Gasteiger partial charge < -0.3 is 5.73 Å². The van der Waals surface area contributed by atoms with Gasteiger partial charge in [0, 0.05) is 29.4 Å². The van der Waals surface area contributed by atoms with Crippen LogP contribution in [0.2, 0.25) is 0 Å². The Morgan fingerprint density at radius 2 is 1.73 bits per heavy atom. The van der Waals surface area contributed by atoms with Crippen LogP contribution in [0.25, 0.3) is 5.82 Å². The molecule has 2 heterocycles. The molecule has 0 radical (unpaired) electrons. The summed E-state index contributed by atoms with van der Waals surface area (Å²) in [4.78, 5) is 8.07. The number of nitriles is 1. The van der Waals surface area contributed by atoms with Crippen molar-refractivity contribution >= 4 is 11.7 Å². The van der Waals surface area contributed by atoms with Crippen LogP contribution >= 0.6 is 0 Å². The fourth-order valence-corrected chi connectivity index (χ4v) is 3.27. The van der Waals surface area contributed by atoms with Gasteiger partial charge >= 0.3 is 12.4 Å². The van der Waals surface area contributed by atoms with Crippen molar-refractivity contribution in [3.05, 3.63) is 70.5 Å². The second-order valence-electron chi connectivity index (χ2n) is 7.34. The number of amidine groups is 1. The van der Waals surface area contributed by atoms with Gasteiger partial charge in [0.15, 0.2) is 11.6 Å². The summed E-state index contributed by atoms with van der Waals surface area (Å²) in [7, 11) is 0. The molecule has 12 heteroatoms. The standard InChI is InChI=1S/C21H14F6N6/c22-20(23,24)14-4-2-1-3-12(14)18(29)31-17-7-8-33(32-17)19-13(10-28)15(21(25,26)27)9-16(30-19)11-5-6-11/h1-4,7-9,11H,5-6H2,(H2,29,31,32). The molecule has 33 heavy (non-hydrogen) atoms. The van der Waals surface area contributed by atoms with Crippen LogP contribution in [-0.2, 0) is 12.4 Å². The third-order valence-corrected chi connectivity index (χ3v) is 4.97. The molecule has 0 saturated heterocycles. The van der Waals surface area contributed by atoms with Crippen molar-refractivity contribution in [2.24, 2.45) is 10.7 Å². The minimum absolute atomic E-state index is 0.139. The van der Waals surface area contributed by atoms with Gasteiger partial charge in [0.25, 0.3) is 0 Å². The van der Waals surface area contributed by atoms with Gasteiger partial charge in [-0.15, -0.1) is 5.10 Å². The summed E-state index contributed by atoms with van der Waals surface area (Å²) in [5.74, 6) is -1.13. The smallest absolute Gasteiger partial charge is 0.383 e. The van der Waals surface area contributed by atoms with Crippen molar-refractivity contribution < 1.29 is 26.3 Å². The molecular weight excluding hydrogens is 450 g/mol. The molecule has 2 N–H and O–H groups in total. The van der Waals surface area contributed by atoms with Crippen LogP contribution in [-0.4, -0.2) is 20.6 Å². The molecule has 1 fully saturated rings. The summed E-state index contributed by atoms with van der Waals surface area (Å²) in [5, 5.41) is 13.4. The van der Waals surface area contributed by atoms with E-state index in [-0.39, 0.29) is 28.8 Å². The van der Waals surface area contributed by atoms with Crippen molar-refractivity contribution in [1.82, 2.24) is 14.8 Å². The summed E-state index contributed by atoms with van der Waals surface area (Å²) in [6, 6.07) is 8.19. The van der Waals surface area contributed by atoms with Crippen molar-refractivity contribution in [2.75, 3.05) is 0 Å². The van der Waals surface area contributed by atoms with Crippen LogP contribution in [0.5, 0.6) is 0 Å². The maximum Gasteiger partial charge on any atom is 0.417 e. The molecule has 0 amide bonds. The molecule has 3 aromatic rings. The summed E-state index contributed by atoms with van der Waals surface area (Å²) in [6.07, 6.45) is -6.88. The first-order chi connectivity index (χ1) is 15.5. The molecule has 0 aliphatic heterocycles. The minimum atomic E-state index is -4.79. The van der Waals surface area contributed by atoms with E-state index >= 15 is 0 Å². The third kappa shape index (κ3) is 4.52. The largest absolute Gasteiger partial charge is 0.417 e. The van der Waals surface area contributed by atoms with E-state index in [1.165, 1.54) is 30.5 Å². The lowest BCUT2D eigenvalue weighted by Gasteiger charge is -2.14. The highest BCUT2D eigenvalue weighted by molar-refractivity contribution is 6.00. The number of aliphatic imine (C=N–C) groups is 1. The predicted molar refractivity (Wildman–Crippen MR) is 105 cm³/mol. The maximum absolute atomic E-state index is 13.6. The zero-order chi connectivity index (χ0) is 24.0. The molecule has 1 aliphatic carbocycles. The van der Waals surface area contributed by atoms with Gasteiger partial charge in [-0.3, -0.25) is 0 Å². The average molecular weight is 464 g/mol. The van der Waals surface area contributed by atoms with Gasteiger partial charge in [0.05, 0.1) is 11.1 Å². The Morgan fingerprint density at radius 1 is 1.06 bits per heavy atom. The molecule has 2 aromatic heterocycles. The molecule has 170 valence electrons. The van der Waals surface area contributed by atoms with Crippen LogP contribution in [0.4, 0.5) is 32.2 Å². The fraction of sp³-hybridized carbons (Fsp3) is 0.238. The zero-order valence-corrected chi connectivity index (χ0v) is 16.6. The Balaban J connectivity index is 1.77. The van der Waals surface area contributed by atoms with Crippen molar-refractivity contribution in [3.8, 4) is 11.9 Å². The molecule has 6 nitrogen and oxygen atoms in total. The number of benzene rings is 1. The van der Waals surface area contributed by atoms with Crippen LogP contribution < -0.4 is 5.73 Å². The molecular formula is C21H14F6N6. The monoisotopic (exact) mass is 464 g/mol. The molecule has 1 aromatic carbocycles. The third-order valence-electron chi connectivity index (χ3n) is 4.97. The number of halogens is 6. The summed E-state index contributed by atoms with van der Waals surface area (Å²) >= 11 is 0. The normalized spacial score (nSPS) is 14.9. The summed E-state index contributed by atoms with van der Waals surface area (Å²) in [6.45, 7) is 0. The quantitative estimate of drug-likeness (QED) is 0.331. The number of alkyl halides is 6. The predicted octanol–water partition coefficient (Wildman–Crippen LogP) is 5.09. The van der Waals surface area contributed by atoms with Gasteiger partial charge in [-0.2, -0.15) is 31.6 Å². The second-order valence-corrected chi connectivity index (χ2v) is 7.34. The Kier molecular flexibility index (Phi) is 5.35. The van der Waals surface area contributed by atoms with E-state index in [9.17, 15) is 31.6 Å². The number of nitrogens with zero attached hydrogens (tertiary/aromatic N) is 5. The number of hydrogen-bond acceptors (Lipinski definition) is 4. The summed E-state index contributed by atoms with van der Waals surface area (Å²) in [5.41, 5.74) is 2.74. The highest BCUT2D eigenvalue weighted by Crippen LogP contribution is 2.43. The molecule has 4 rings (SSSR count). The number of rotatable bonds is 4. The van der Waals surface area contributed by atoms with Crippen LogP contribution in [0, 0.1) is 11.3 Å². The lowest BCUT2D eigenvalue weighted by Crippen LogP contribution is -2.19. The maximum atomic E-state index is 13.6. The molecule has 0 spiro atoms. The van der Waals surface area contributed by atoms with E-state index < -0.39 is 34.9 Å². The van der Waals surface area contributed by atoms with Gasteiger partial charge in [0.1, 0.15) is 17.5 Å². The van der Waals surface area contributed by atoms with E-state index in [4.69, 9.17) is 5.73 Å². The van der Waals surface area contributed by atoms with E-state index in [0.29, 0.717) is 12.8 Å². The number of hydrogen-bond donors (Lipinski definition) is 1. The van der Waals surface area contributed by atoms with Gasteiger partial charge in [0.2, 0.25) is 0 Å². The van der Waals surface area contributed by atoms with Crippen molar-refractivity contribution in [2.45, 2.75) is 31.1 Å². The zero-order valence-electron chi connectivity index (χ0n) is 16.6. The van der Waals surface area contributed by atoms with E-state index in [1.54, 1.807) is 0 Å². The molecule has 0 bridgehead atoms. The molecule has 1 saturated carbocycles. The first-order valence-electron chi connectivity index (χ1n) is 9.58. The topological polar surface area (TPSA) is 92.9 Å². The lowest BCUT2D eigenvalue weighted by atomic mass is 10.1. The van der Waals surface area contributed by atoms with Gasteiger partial charge in [-0.1, -0.05) is 18.2 Å². The number of pyridine rings is 1. The molecule has 0 unspecified atom stereocenters. The van der Waals surface area contributed by atoms with E-state index in [0.717, 1.165) is 22.9 Å². The first kappa shape index (κ1) is 22.3. The molecule has 0 atom stereocenters. The fourth-order valence-electron chi connectivity index (χ4n) is 3.27. The highest BCUT2D eigenvalue weighted by atomic mass is 19.4. The SMILES string of the molecule is N#Cc1c(C(F)(F)F)cc(C2CC2)nc1-n1ccc(N=C(N)c2ccccc2C(F)(F)F)n1. The summed E-state index contributed by atoms with van der Waals surface area (Å²) < 4.78 is 81.3. The Morgan fingerprint density at radius 3 is 2.33 bits per heavy atom. The first-order valence-corrected chi connectivity index (χ1v) is 9.58. The average Bonchev–Trinajstić information content (AvgIpc) is 3.50. The Bertz CT molecular complexity index is 1280. The lowest BCUT2D eigenvalue weighted by molar-refractivity contribution is -0.138. The molecule has 1 aliphatic rings. The van der Waals surface area contributed by atoms with E-state index in [2.05, 4.69) is 15.1 Å².